The SMILES string of the molecule is CC[C@H](C[C@@](C)(CC)C[C@@]1(CCC2CCCCC2)N=C(N)N(C)C1=O)NC1CCCC1. The van der Waals surface area contributed by atoms with Crippen molar-refractivity contribution in [3.05, 3.63) is 0 Å². The number of nitrogens with two attached hydrogens (primary N) is 1. The van der Waals surface area contributed by atoms with Crippen molar-refractivity contribution in [1.82, 2.24) is 10.2 Å². The molecule has 3 atom stereocenters. The molecule has 2 fully saturated rings. The highest BCUT2D eigenvalue weighted by atomic mass is 16.2. The van der Waals surface area contributed by atoms with E-state index in [0.29, 0.717) is 18.0 Å². The zero-order valence-corrected chi connectivity index (χ0v) is 20.7. The van der Waals surface area contributed by atoms with Crippen LogP contribution in [-0.2, 0) is 4.79 Å². The van der Waals surface area contributed by atoms with E-state index in [1.807, 2.05) is 0 Å². The van der Waals surface area contributed by atoms with Crippen molar-refractivity contribution in [2.24, 2.45) is 22.1 Å². The fourth-order valence-corrected chi connectivity index (χ4v) is 6.43. The van der Waals surface area contributed by atoms with Crippen molar-refractivity contribution in [3.63, 3.8) is 0 Å². The van der Waals surface area contributed by atoms with E-state index in [1.54, 1.807) is 11.9 Å². The Morgan fingerprint density at radius 1 is 1.16 bits per heavy atom. The van der Waals surface area contributed by atoms with Crippen molar-refractivity contribution in [2.45, 2.75) is 135 Å². The first-order valence-corrected chi connectivity index (χ1v) is 13.2. The Kier molecular flexibility index (Phi) is 8.45. The topological polar surface area (TPSA) is 70.7 Å². The van der Waals surface area contributed by atoms with Gasteiger partial charge in [-0.05, 0) is 56.3 Å². The second-order valence-electron chi connectivity index (χ2n) is 11.2. The number of amides is 1. The third-order valence-electron chi connectivity index (χ3n) is 8.70. The van der Waals surface area contributed by atoms with Gasteiger partial charge in [0, 0.05) is 19.1 Å². The largest absolute Gasteiger partial charge is 0.369 e. The maximum Gasteiger partial charge on any atom is 0.257 e. The molecule has 2 aliphatic carbocycles. The number of carbonyl (C=O) groups is 1. The van der Waals surface area contributed by atoms with E-state index in [4.69, 9.17) is 10.7 Å². The van der Waals surface area contributed by atoms with E-state index in [2.05, 4.69) is 26.1 Å². The molecule has 5 heteroatoms. The fourth-order valence-electron chi connectivity index (χ4n) is 6.43. The van der Waals surface area contributed by atoms with Crippen LogP contribution in [0, 0.1) is 11.3 Å². The van der Waals surface area contributed by atoms with Gasteiger partial charge in [-0.25, -0.2) is 4.99 Å². The van der Waals surface area contributed by atoms with Gasteiger partial charge < -0.3 is 11.1 Å². The number of hydrogen-bond acceptors (Lipinski definition) is 4. The lowest BCUT2D eigenvalue weighted by Crippen LogP contribution is -2.47. The van der Waals surface area contributed by atoms with Gasteiger partial charge in [-0.15, -0.1) is 0 Å². The molecule has 0 aromatic rings. The molecule has 2 saturated carbocycles. The maximum absolute atomic E-state index is 13.5. The predicted octanol–water partition coefficient (Wildman–Crippen LogP) is 5.38. The average Bonchev–Trinajstić information content (AvgIpc) is 3.36. The van der Waals surface area contributed by atoms with Crippen LogP contribution in [-0.4, -0.2) is 41.4 Å². The molecule has 0 radical (unpaired) electrons. The van der Waals surface area contributed by atoms with Crippen LogP contribution in [0.4, 0.5) is 0 Å². The summed E-state index contributed by atoms with van der Waals surface area (Å²) >= 11 is 0. The van der Waals surface area contributed by atoms with Crippen LogP contribution in [0.15, 0.2) is 4.99 Å². The van der Waals surface area contributed by atoms with Gasteiger partial charge in [-0.2, -0.15) is 0 Å². The molecule has 0 aromatic carbocycles. The number of nitrogens with one attached hydrogen (secondary N) is 1. The first-order chi connectivity index (χ1) is 14.8. The van der Waals surface area contributed by atoms with Crippen molar-refractivity contribution >= 4 is 11.9 Å². The van der Waals surface area contributed by atoms with Gasteiger partial charge in [0.05, 0.1) is 0 Å². The second-order valence-corrected chi connectivity index (χ2v) is 11.2. The molecule has 0 aromatic heterocycles. The first-order valence-electron chi connectivity index (χ1n) is 13.2. The summed E-state index contributed by atoms with van der Waals surface area (Å²) in [5.74, 6) is 1.28. The molecule has 31 heavy (non-hydrogen) atoms. The normalized spacial score (nSPS) is 28.7. The summed E-state index contributed by atoms with van der Waals surface area (Å²) in [6.07, 6.45) is 18.1. The molecule has 0 unspecified atom stereocenters. The lowest BCUT2D eigenvalue weighted by atomic mass is 9.69. The lowest BCUT2D eigenvalue weighted by Gasteiger charge is -2.40. The molecule has 1 aliphatic heterocycles. The Labute approximate surface area is 191 Å². The van der Waals surface area contributed by atoms with Crippen molar-refractivity contribution in [3.8, 4) is 0 Å². The number of rotatable bonds is 11. The number of hydrogen-bond donors (Lipinski definition) is 2. The molecule has 0 saturated heterocycles. The first kappa shape index (κ1) is 24.5. The zero-order chi connectivity index (χ0) is 22.5. The molecule has 0 spiro atoms. The minimum Gasteiger partial charge on any atom is -0.369 e. The van der Waals surface area contributed by atoms with Crippen LogP contribution < -0.4 is 11.1 Å². The lowest BCUT2D eigenvalue weighted by molar-refractivity contribution is -0.132. The summed E-state index contributed by atoms with van der Waals surface area (Å²) in [6, 6.07) is 1.19. The molecular weight excluding hydrogens is 384 g/mol. The molecule has 1 heterocycles. The van der Waals surface area contributed by atoms with Crippen LogP contribution in [0.25, 0.3) is 0 Å². The van der Waals surface area contributed by atoms with E-state index in [1.165, 1.54) is 57.8 Å². The number of guanidine groups is 1. The van der Waals surface area contributed by atoms with E-state index >= 15 is 0 Å². The van der Waals surface area contributed by atoms with E-state index in [-0.39, 0.29) is 11.3 Å². The van der Waals surface area contributed by atoms with Crippen LogP contribution in [0.5, 0.6) is 0 Å². The average molecular weight is 433 g/mol. The van der Waals surface area contributed by atoms with Gasteiger partial charge in [0.15, 0.2) is 5.96 Å². The molecule has 3 aliphatic rings. The molecule has 1 amide bonds. The highest BCUT2D eigenvalue weighted by molar-refractivity contribution is 6.06. The highest BCUT2D eigenvalue weighted by Crippen LogP contribution is 2.44. The summed E-state index contributed by atoms with van der Waals surface area (Å²) < 4.78 is 0. The number of nitrogens with zero attached hydrogens (tertiary/aromatic N) is 2. The van der Waals surface area contributed by atoms with Crippen molar-refractivity contribution in [1.29, 1.82) is 0 Å². The van der Waals surface area contributed by atoms with E-state index < -0.39 is 5.54 Å². The third kappa shape index (κ3) is 6.03. The maximum atomic E-state index is 13.5. The minimum atomic E-state index is -0.660. The quantitative estimate of drug-likeness (QED) is 0.460. The Balaban J connectivity index is 1.73. The van der Waals surface area contributed by atoms with Gasteiger partial charge in [-0.3, -0.25) is 9.69 Å². The summed E-state index contributed by atoms with van der Waals surface area (Å²) in [7, 11) is 1.79. The monoisotopic (exact) mass is 432 g/mol. The summed E-state index contributed by atoms with van der Waals surface area (Å²) in [6.45, 7) is 6.96. The van der Waals surface area contributed by atoms with Gasteiger partial charge in [0.2, 0.25) is 0 Å². The van der Waals surface area contributed by atoms with Gasteiger partial charge in [-0.1, -0.05) is 72.1 Å². The van der Waals surface area contributed by atoms with Gasteiger partial charge in [0.1, 0.15) is 5.54 Å². The predicted molar refractivity (Wildman–Crippen MR) is 130 cm³/mol. The van der Waals surface area contributed by atoms with Crippen LogP contribution in [0.3, 0.4) is 0 Å². The number of carbonyl (C=O) groups excluding carboxylic acids is 1. The van der Waals surface area contributed by atoms with Crippen LogP contribution in [0.1, 0.15) is 117 Å². The molecule has 3 rings (SSSR count). The summed E-state index contributed by atoms with van der Waals surface area (Å²) in [5, 5.41) is 3.95. The van der Waals surface area contributed by atoms with E-state index in [0.717, 1.165) is 44.4 Å². The zero-order valence-electron chi connectivity index (χ0n) is 20.7. The summed E-state index contributed by atoms with van der Waals surface area (Å²) in [5.41, 5.74) is 5.61. The number of likely N-dealkylation sites (N-methyl/N-ethyl adjacent to an activating group) is 1. The third-order valence-corrected chi connectivity index (χ3v) is 8.70. The molecular formula is C26H48N4O. The highest BCUT2D eigenvalue weighted by Gasteiger charge is 2.50. The number of aliphatic imine (C=N–C) groups is 1. The van der Waals surface area contributed by atoms with Crippen molar-refractivity contribution in [2.75, 3.05) is 7.05 Å². The van der Waals surface area contributed by atoms with Gasteiger partial charge in [0.25, 0.3) is 5.91 Å². The van der Waals surface area contributed by atoms with E-state index in [9.17, 15) is 4.79 Å². The standard InChI is InChI=1S/C26H48N4O/c1-5-21(28-22-14-10-11-15-22)18-25(3,6-2)19-26(23(31)30(4)24(27)29-26)17-16-20-12-8-7-9-13-20/h20-22,28H,5-19H2,1-4H3,(H2,27,29)/t21-,25-,26-/m1/s1. The second kappa shape index (κ2) is 10.7. The molecule has 3 N–H and O–H groups in total. The van der Waals surface area contributed by atoms with Crippen LogP contribution >= 0.6 is 0 Å². The Hall–Kier alpha value is -1.10. The molecule has 178 valence electrons. The van der Waals surface area contributed by atoms with Crippen molar-refractivity contribution < 1.29 is 4.79 Å². The summed E-state index contributed by atoms with van der Waals surface area (Å²) in [4.78, 5) is 19.9. The molecule has 5 nitrogen and oxygen atoms in total. The molecule has 0 bridgehead atoms. The Morgan fingerprint density at radius 2 is 1.81 bits per heavy atom. The van der Waals surface area contributed by atoms with Gasteiger partial charge >= 0.3 is 0 Å². The Bertz CT molecular complexity index is 623. The Morgan fingerprint density at radius 3 is 2.35 bits per heavy atom. The van der Waals surface area contributed by atoms with Crippen LogP contribution in [0.2, 0.25) is 0 Å². The minimum absolute atomic E-state index is 0.0729. The fraction of sp³-hybridized carbons (Fsp3) is 0.923. The smallest absolute Gasteiger partial charge is 0.257 e.